The van der Waals surface area contributed by atoms with Crippen molar-refractivity contribution >= 4 is 34.0 Å². The van der Waals surface area contributed by atoms with Crippen molar-refractivity contribution in [2.75, 3.05) is 49.5 Å². The van der Waals surface area contributed by atoms with Gasteiger partial charge < -0.3 is 15.0 Å². The Hall–Kier alpha value is -3.52. The van der Waals surface area contributed by atoms with E-state index < -0.39 is 0 Å². The van der Waals surface area contributed by atoms with Crippen LogP contribution in [0.3, 0.4) is 0 Å². The van der Waals surface area contributed by atoms with Gasteiger partial charge in [0.25, 0.3) is 5.91 Å². The summed E-state index contributed by atoms with van der Waals surface area (Å²) in [7, 11) is 0. The Morgan fingerprint density at radius 2 is 1.94 bits per heavy atom. The Morgan fingerprint density at radius 1 is 1.12 bits per heavy atom. The van der Waals surface area contributed by atoms with E-state index in [2.05, 4.69) is 15.2 Å². The SMILES string of the molecule is Cc1ccc2c(N3CCN(CC(=O)c4ccc5c(c4)NC(=O)CO5)CC3)c(F)ccc2n1. The quantitative estimate of drug-likeness (QED) is 0.637. The normalized spacial score (nSPS) is 16.4. The van der Waals surface area contributed by atoms with Crippen LogP contribution in [0.4, 0.5) is 15.8 Å². The number of aromatic nitrogens is 1. The second kappa shape index (κ2) is 8.20. The minimum Gasteiger partial charge on any atom is -0.482 e. The number of benzene rings is 2. The van der Waals surface area contributed by atoms with Gasteiger partial charge >= 0.3 is 0 Å². The first-order chi connectivity index (χ1) is 15.5. The zero-order chi connectivity index (χ0) is 22.2. The summed E-state index contributed by atoms with van der Waals surface area (Å²) in [5, 5.41) is 3.53. The van der Waals surface area contributed by atoms with Gasteiger partial charge in [-0.15, -0.1) is 0 Å². The first kappa shape index (κ1) is 20.4. The van der Waals surface area contributed by atoms with Gasteiger partial charge in [0.1, 0.15) is 11.6 Å². The van der Waals surface area contributed by atoms with Crippen LogP contribution in [0, 0.1) is 12.7 Å². The number of carbonyl (C=O) groups is 2. The van der Waals surface area contributed by atoms with Crippen molar-refractivity contribution in [1.29, 1.82) is 0 Å². The number of ether oxygens (including phenoxy) is 1. The predicted octanol–water partition coefficient (Wildman–Crippen LogP) is 3.02. The number of pyridine rings is 1. The average molecular weight is 434 g/mol. The number of anilines is 2. The number of hydrogen-bond donors (Lipinski definition) is 1. The molecule has 1 aromatic heterocycles. The number of rotatable bonds is 4. The highest BCUT2D eigenvalue weighted by Gasteiger charge is 2.24. The first-order valence-corrected chi connectivity index (χ1v) is 10.6. The summed E-state index contributed by atoms with van der Waals surface area (Å²) in [6.07, 6.45) is 0. The van der Waals surface area contributed by atoms with Crippen molar-refractivity contribution in [2.24, 2.45) is 0 Å². The fraction of sp³-hybridized carbons (Fsp3) is 0.292. The van der Waals surface area contributed by atoms with Crippen molar-refractivity contribution in [2.45, 2.75) is 6.92 Å². The fourth-order valence-electron chi connectivity index (χ4n) is 4.27. The number of amides is 1. The molecule has 2 aromatic carbocycles. The van der Waals surface area contributed by atoms with Crippen molar-refractivity contribution in [3.63, 3.8) is 0 Å². The minimum absolute atomic E-state index is 0.0163. The Bertz CT molecular complexity index is 1220. The maximum absolute atomic E-state index is 14.7. The molecule has 0 unspecified atom stereocenters. The van der Waals surface area contributed by atoms with E-state index in [0.717, 1.165) is 16.6 Å². The molecule has 32 heavy (non-hydrogen) atoms. The topological polar surface area (TPSA) is 74.8 Å². The summed E-state index contributed by atoms with van der Waals surface area (Å²) in [6.45, 7) is 4.69. The predicted molar refractivity (Wildman–Crippen MR) is 120 cm³/mol. The lowest BCUT2D eigenvalue weighted by Gasteiger charge is -2.36. The molecule has 2 aliphatic heterocycles. The number of carbonyl (C=O) groups excluding carboxylic acids is 2. The van der Waals surface area contributed by atoms with E-state index >= 15 is 0 Å². The summed E-state index contributed by atoms with van der Waals surface area (Å²) >= 11 is 0. The number of aryl methyl sites for hydroxylation is 1. The van der Waals surface area contributed by atoms with Gasteiger partial charge in [-0.2, -0.15) is 0 Å². The minimum atomic E-state index is -0.258. The monoisotopic (exact) mass is 434 g/mol. The van der Waals surface area contributed by atoms with Crippen LogP contribution in [0.5, 0.6) is 5.75 Å². The molecule has 0 aliphatic carbocycles. The van der Waals surface area contributed by atoms with E-state index in [-0.39, 0.29) is 30.7 Å². The molecule has 0 saturated carbocycles. The number of Topliss-reactive ketones (excluding diaryl/α,β-unsaturated/α-hetero) is 1. The van der Waals surface area contributed by atoms with Crippen LogP contribution in [-0.2, 0) is 4.79 Å². The Kier molecular flexibility index (Phi) is 5.22. The molecule has 1 N–H and O–H groups in total. The molecule has 164 valence electrons. The molecule has 5 rings (SSSR count). The van der Waals surface area contributed by atoms with Crippen LogP contribution in [0.1, 0.15) is 16.1 Å². The van der Waals surface area contributed by atoms with E-state index in [1.54, 1.807) is 24.3 Å². The molecule has 7 nitrogen and oxygen atoms in total. The maximum atomic E-state index is 14.7. The summed E-state index contributed by atoms with van der Waals surface area (Å²) in [6, 6.07) is 12.1. The van der Waals surface area contributed by atoms with E-state index in [1.165, 1.54) is 6.07 Å². The van der Waals surface area contributed by atoms with Gasteiger partial charge in [-0.25, -0.2) is 4.39 Å². The molecule has 0 radical (unpaired) electrons. The molecule has 0 bridgehead atoms. The number of piperazine rings is 1. The zero-order valence-corrected chi connectivity index (χ0v) is 17.7. The van der Waals surface area contributed by atoms with Gasteiger partial charge in [0.15, 0.2) is 12.4 Å². The van der Waals surface area contributed by atoms with Gasteiger partial charge in [-0.05, 0) is 49.4 Å². The van der Waals surface area contributed by atoms with Gasteiger partial charge in [-0.1, -0.05) is 0 Å². The molecule has 2 aliphatic rings. The third kappa shape index (κ3) is 3.89. The molecule has 1 amide bonds. The molecule has 0 spiro atoms. The number of ketones is 1. The first-order valence-electron chi connectivity index (χ1n) is 10.6. The molecule has 1 fully saturated rings. The Labute approximate surface area is 184 Å². The van der Waals surface area contributed by atoms with Crippen molar-refractivity contribution in [3.05, 3.63) is 59.5 Å². The number of nitrogens with zero attached hydrogens (tertiary/aromatic N) is 3. The lowest BCUT2D eigenvalue weighted by molar-refractivity contribution is -0.118. The molecule has 0 atom stereocenters. The third-order valence-corrected chi connectivity index (χ3v) is 5.92. The largest absolute Gasteiger partial charge is 0.482 e. The number of fused-ring (bicyclic) bond motifs is 2. The second-order valence-corrected chi connectivity index (χ2v) is 8.15. The highest BCUT2D eigenvalue weighted by molar-refractivity contribution is 6.01. The van der Waals surface area contributed by atoms with Crippen LogP contribution in [-0.4, -0.2) is 60.9 Å². The third-order valence-electron chi connectivity index (χ3n) is 5.92. The van der Waals surface area contributed by atoms with Crippen molar-refractivity contribution < 1.29 is 18.7 Å². The molecular weight excluding hydrogens is 411 g/mol. The van der Waals surface area contributed by atoms with E-state index in [9.17, 15) is 14.0 Å². The van der Waals surface area contributed by atoms with E-state index in [4.69, 9.17) is 4.74 Å². The van der Waals surface area contributed by atoms with Crippen LogP contribution in [0.2, 0.25) is 0 Å². The number of halogens is 1. The number of hydrogen-bond acceptors (Lipinski definition) is 6. The summed E-state index contributed by atoms with van der Waals surface area (Å²) in [5.74, 6) is 0.0453. The molecule has 1 saturated heterocycles. The molecule has 3 aromatic rings. The standard InChI is InChI=1S/C24H23FN4O3/c1-15-2-4-17-19(26-15)6-5-18(25)24(17)29-10-8-28(9-11-29)13-21(30)16-3-7-22-20(12-16)27-23(31)14-32-22/h2-7,12H,8-11,13-14H2,1H3,(H,27,31). The lowest BCUT2D eigenvalue weighted by Crippen LogP contribution is -2.48. The van der Waals surface area contributed by atoms with Gasteiger partial charge in [0.05, 0.1) is 23.4 Å². The lowest BCUT2D eigenvalue weighted by atomic mass is 10.1. The van der Waals surface area contributed by atoms with Crippen LogP contribution < -0.4 is 15.0 Å². The summed E-state index contributed by atoms with van der Waals surface area (Å²) in [4.78, 5) is 33.0. The smallest absolute Gasteiger partial charge is 0.262 e. The number of nitrogens with one attached hydrogen (secondary N) is 1. The highest BCUT2D eigenvalue weighted by Crippen LogP contribution is 2.31. The summed E-state index contributed by atoms with van der Waals surface area (Å²) in [5.41, 5.74) is 3.30. The van der Waals surface area contributed by atoms with E-state index in [0.29, 0.717) is 48.9 Å². The van der Waals surface area contributed by atoms with Crippen LogP contribution in [0.25, 0.3) is 10.9 Å². The maximum Gasteiger partial charge on any atom is 0.262 e. The average Bonchev–Trinajstić information content (AvgIpc) is 2.79. The van der Waals surface area contributed by atoms with Gasteiger partial charge in [0.2, 0.25) is 0 Å². The van der Waals surface area contributed by atoms with Crippen molar-refractivity contribution in [1.82, 2.24) is 9.88 Å². The molecule has 8 heteroatoms. The molecule has 3 heterocycles. The van der Waals surface area contributed by atoms with Crippen LogP contribution >= 0.6 is 0 Å². The zero-order valence-electron chi connectivity index (χ0n) is 17.7. The van der Waals surface area contributed by atoms with Crippen molar-refractivity contribution in [3.8, 4) is 5.75 Å². The van der Waals surface area contributed by atoms with Gasteiger partial charge in [-0.3, -0.25) is 19.5 Å². The fourth-order valence-corrected chi connectivity index (χ4v) is 4.27. The highest BCUT2D eigenvalue weighted by atomic mass is 19.1. The van der Waals surface area contributed by atoms with Crippen LogP contribution in [0.15, 0.2) is 42.5 Å². The second-order valence-electron chi connectivity index (χ2n) is 8.15. The molecular formula is C24H23FN4O3. The van der Waals surface area contributed by atoms with E-state index in [1.807, 2.05) is 24.0 Å². The Morgan fingerprint density at radius 3 is 2.75 bits per heavy atom. The van der Waals surface area contributed by atoms with Gasteiger partial charge in [0, 0.05) is 42.8 Å². The Balaban J connectivity index is 1.26. The summed E-state index contributed by atoms with van der Waals surface area (Å²) < 4.78 is 20.1.